The van der Waals surface area contributed by atoms with E-state index in [0.29, 0.717) is 11.9 Å². The molecule has 3 fully saturated rings. The first-order valence-electron chi connectivity index (χ1n) is 12.0. The van der Waals surface area contributed by atoms with Gasteiger partial charge < -0.3 is 9.47 Å². The first-order valence-corrected chi connectivity index (χ1v) is 12.0. The monoisotopic (exact) mass is 420 g/mol. The normalized spacial score (nSPS) is 26.7. The minimum Gasteiger partial charge on any atom is -0.342 e. The third-order valence-corrected chi connectivity index (χ3v) is 7.59. The van der Waals surface area contributed by atoms with Crippen molar-refractivity contribution in [3.8, 4) is 0 Å². The molecule has 2 atom stereocenters. The lowest BCUT2D eigenvalue weighted by Gasteiger charge is -2.28. The van der Waals surface area contributed by atoms with Crippen LogP contribution < -0.4 is 0 Å². The minimum atomic E-state index is -0.316. The summed E-state index contributed by atoms with van der Waals surface area (Å²) in [4.78, 5) is 23.3. The highest BCUT2D eigenvalue weighted by Gasteiger charge is 2.58. The van der Waals surface area contributed by atoms with Gasteiger partial charge in [-0.05, 0) is 58.4 Å². The second-order valence-electron chi connectivity index (χ2n) is 10.7. The van der Waals surface area contributed by atoms with Gasteiger partial charge in [-0.15, -0.1) is 0 Å². The summed E-state index contributed by atoms with van der Waals surface area (Å²) in [6, 6.07) is 7.19. The zero-order chi connectivity index (χ0) is 21.8. The van der Waals surface area contributed by atoms with Gasteiger partial charge in [0.1, 0.15) is 0 Å². The zero-order valence-electron chi connectivity index (χ0n) is 19.5. The molecule has 0 radical (unpaired) electrons. The topological polar surface area (TPSA) is 41.4 Å². The van der Waals surface area contributed by atoms with Crippen LogP contribution in [0.2, 0.25) is 0 Å². The van der Waals surface area contributed by atoms with Gasteiger partial charge in [0.05, 0.1) is 17.4 Å². The Labute approximate surface area is 186 Å². The first kappa shape index (κ1) is 20.7. The number of benzene rings is 1. The Morgan fingerprint density at radius 3 is 2.55 bits per heavy atom. The number of rotatable bonds is 6. The maximum atomic E-state index is 13.8. The molecule has 3 heterocycles. The van der Waals surface area contributed by atoms with E-state index in [0.717, 1.165) is 50.8 Å². The Hall–Kier alpha value is -2.14. The summed E-state index contributed by atoms with van der Waals surface area (Å²) in [6.45, 7) is 13.2. The minimum absolute atomic E-state index is 0.176. The van der Waals surface area contributed by atoms with Crippen LogP contribution in [0.15, 0.2) is 30.7 Å². The third-order valence-electron chi connectivity index (χ3n) is 7.59. The van der Waals surface area contributed by atoms with Crippen LogP contribution in [0.3, 0.4) is 0 Å². The van der Waals surface area contributed by atoms with E-state index in [1.807, 2.05) is 6.33 Å². The van der Waals surface area contributed by atoms with Crippen LogP contribution in [-0.2, 0) is 11.3 Å². The van der Waals surface area contributed by atoms with Gasteiger partial charge in [-0.2, -0.15) is 0 Å². The Kier molecular flexibility index (Phi) is 5.20. The largest absolute Gasteiger partial charge is 0.342 e. The van der Waals surface area contributed by atoms with E-state index in [1.54, 1.807) is 0 Å². The quantitative estimate of drug-likeness (QED) is 0.699. The van der Waals surface area contributed by atoms with Gasteiger partial charge in [0, 0.05) is 50.9 Å². The molecule has 3 aliphatic rings. The fourth-order valence-corrected chi connectivity index (χ4v) is 5.85. The summed E-state index contributed by atoms with van der Waals surface area (Å²) < 4.78 is 2.18. The smallest absolute Gasteiger partial charge is 0.230 e. The lowest BCUT2D eigenvalue weighted by atomic mass is 9.75. The standard InChI is InChI=1S/C26H36N4O/c1-18(2)30-15-24(27-17-30)23-14-28(12-22-10-19(3)9-20(4)11-22)16-26(23)7-8-29(25(26)31)13-21-5-6-21/h9-11,15,17-18,21,23H,5-8,12-14,16H2,1-4H3/t23-,26-/m0/s1. The molecule has 2 aliphatic heterocycles. The predicted octanol–water partition coefficient (Wildman–Crippen LogP) is 4.31. The summed E-state index contributed by atoms with van der Waals surface area (Å²) in [5.74, 6) is 1.30. The maximum Gasteiger partial charge on any atom is 0.230 e. The zero-order valence-corrected chi connectivity index (χ0v) is 19.5. The number of carbonyl (C=O) groups is 1. The maximum absolute atomic E-state index is 13.8. The number of hydrogen-bond donors (Lipinski definition) is 0. The molecule has 5 nitrogen and oxygen atoms in total. The number of aryl methyl sites for hydroxylation is 2. The van der Waals surface area contributed by atoms with Crippen LogP contribution in [-0.4, -0.2) is 51.4 Å². The molecular weight excluding hydrogens is 384 g/mol. The van der Waals surface area contributed by atoms with Crippen LogP contribution in [0.25, 0.3) is 0 Å². The molecule has 1 aliphatic carbocycles. The molecule has 2 aromatic rings. The molecule has 0 N–H and O–H groups in total. The Morgan fingerprint density at radius 1 is 1.16 bits per heavy atom. The van der Waals surface area contributed by atoms with Crippen LogP contribution in [0, 0.1) is 25.2 Å². The SMILES string of the molecule is Cc1cc(C)cc(CN2C[C@@H](c3cn(C(C)C)cn3)[C@]3(CCN(CC4CC4)C3=O)C2)c1. The Bertz CT molecular complexity index is 955. The molecule has 5 heteroatoms. The Morgan fingerprint density at radius 2 is 1.90 bits per heavy atom. The van der Waals surface area contributed by atoms with Crippen molar-refractivity contribution < 1.29 is 4.79 Å². The van der Waals surface area contributed by atoms with Crippen molar-refractivity contribution in [1.29, 1.82) is 0 Å². The third kappa shape index (κ3) is 3.93. The highest BCUT2D eigenvalue weighted by Crippen LogP contribution is 2.50. The number of hydrogen-bond acceptors (Lipinski definition) is 3. The van der Waals surface area contributed by atoms with Gasteiger partial charge in [0.15, 0.2) is 0 Å². The van der Waals surface area contributed by atoms with E-state index in [1.165, 1.54) is 29.5 Å². The van der Waals surface area contributed by atoms with E-state index in [2.05, 4.69) is 66.5 Å². The average molecular weight is 421 g/mol. The number of carbonyl (C=O) groups excluding carboxylic acids is 1. The number of nitrogens with zero attached hydrogens (tertiary/aromatic N) is 4. The highest BCUT2D eigenvalue weighted by atomic mass is 16.2. The van der Waals surface area contributed by atoms with Crippen molar-refractivity contribution in [2.24, 2.45) is 11.3 Å². The van der Waals surface area contributed by atoms with Gasteiger partial charge in [-0.1, -0.05) is 29.3 Å². The van der Waals surface area contributed by atoms with Crippen molar-refractivity contribution >= 4 is 5.91 Å². The summed E-state index contributed by atoms with van der Waals surface area (Å²) in [7, 11) is 0. The molecule has 0 bridgehead atoms. The number of amides is 1. The van der Waals surface area contributed by atoms with Crippen LogP contribution in [0.5, 0.6) is 0 Å². The summed E-state index contributed by atoms with van der Waals surface area (Å²) in [5, 5.41) is 0. The molecule has 1 aromatic carbocycles. The van der Waals surface area contributed by atoms with Crippen molar-refractivity contribution in [1.82, 2.24) is 19.4 Å². The number of aromatic nitrogens is 2. The second kappa shape index (κ2) is 7.77. The average Bonchev–Trinajstić information content (AvgIpc) is 3.12. The van der Waals surface area contributed by atoms with E-state index in [4.69, 9.17) is 4.98 Å². The molecule has 1 saturated carbocycles. The second-order valence-corrected chi connectivity index (χ2v) is 10.7. The Balaban J connectivity index is 1.43. The fraction of sp³-hybridized carbons (Fsp3) is 0.615. The van der Waals surface area contributed by atoms with Gasteiger partial charge >= 0.3 is 0 Å². The molecule has 166 valence electrons. The van der Waals surface area contributed by atoms with Crippen LogP contribution in [0.4, 0.5) is 0 Å². The van der Waals surface area contributed by atoms with Crippen LogP contribution in [0.1, 0.15) is 67.5 Å². The molecular formula is C26H36N4O. The predicted molar refractivity (Wildman–Crippen MR) is 123 cm³/mol. The number of likely N-dealkylation sites (tertiary alicyclic amines) is 2. The number of imidazole rings is 1. The molecule has 0 unspecified atom stereocenters. The first-order chi connectivity index (χ1) is 14.8. The summed E-state index contributed by atoms with van der Waals surface area (Å²) >= 11 is 0. The lowest BCUT2D eigenvalue weighted by Crippen LogP contribution is -2.40. The van der Waals surface area contributed by atoms with Crippen molar-refractivity contribution in [2.45, 2.75) is 65.5 Å². The molecule has 1 amide bonds. The molecule has 1 spiro atoms. The molecule has 31 heavy (non-hydrogen) atoms. The molecule has 1 aromatic heterocycles. The summed E-state index contributed by atoms with van der Waals surface area (Å²) in [5.41, 5.74) is 4.75. The van der Waals surface area contributed by atoms with E-state index in [9.17, 15) is 4.79 Å². The van der Waals surface area contributed by atoms with Crippen molar-refractivity contribution in [3.63, 3.8) is 0 Å². The van der Waals surface area contributed by atoms with Gasteiger partial charge in [0.2, 0.25) is 5.91 Å². The van der Waals surface area contributed by atoms with Gasteiger partial charge in [-0.25, -0.2) is 4.98 Å². The lowest BCUT2D eigenvalue weighted by molar-refractivity contribution is -0.136. The van der Waals surface area contributed by atoms with E-state index in [-0.39, 0.29) is 11.3 Å². The van der Waals surface area contributed by atoms with E-state index < -0.39 is 0 Å². The van der Waals surface area contributed by atoms with Gasteiger partial charge in [0.25, 0.3) is 0 Å². The van der Waals surface area contributed by atoms with Gasteiger partial charge in [-0.3, -0.25) is 9.69 Å². The van der Waals surface area contributed by atoms with E-state index >= 15 is 0 Å². The summed E-state index contributed by atoms with van der Waals surface area (Å²) in [6.07, 6.45) is 7.67. The van der Waals surface area contributed by atoms with Crippen molar-refractivity contribution in [3.05, 3.63) is 53.1 Å². The van der Waals surface area contributed by atoms with Crippen LogP contribution >= 0.6 is 0 Å². The van der Waals surface area contributed by atoms with Crippen molar-refractivity contribution in [2.75, 3.05) is 26.2 Å². The highest BCUT2D eigenvalue weighted by molar-refractivity contribution is 5.87. The molecule has 2 saturated heterocycles. The molecule has 5 rings (SSSR count). The fourth-order valence-electron chi connectivity index (χ4n) is 5.85.